The molecule has 0 unspecified atom stereocenters. The Morgan fingerprint density at radius 2 is 1.64 bits per heavy atom. The molecule has 0 aromatic heterocycles. The lowest BCUT2D eigenvalue weighted by molar-refractivity contribution is 0.0734. The number of benzene rings is 2. The molecule has 25 heavy (non-hydrogen) atoms. The number of carbonyl (C=O) groups excluding carboxylic acids is 1. The highest BCUT2D eigenvalue weighted by Crippen LogP contribution is 2.14. The summed E-state index contributed by atoms with van der Waals surface area (Å²) in [7, 11) is 2.15. The van der Waals surface area contributed by atoms with E-state index in [1.807, 2.05) is 30.3 Å². The van der Waals surface area contributed by atoms with Crippen molar-refractivity contribution in [2.45, 2.75) is 6.54 Å². The quantitative estimate of drug-likeness (QED) is 0.598. The molecular weight excluding hydrogens is 359 g/mol. The summed E-state index contributed by atoms with van der Waals surface area (Å²) < 4.78 is 5.40. The van der Waals surface area contributed by atoms with E-state index in [0.29, 0.717) is 11.3 Å². The van der Waals surface area contributed by atoms with Gasteiger partial charge in [-0.15, -0.1) is 24.8 Å². The van der Waals surface area contributed by atoms with E-state index in [1.165, 1.54) is 0 Å². The van der Waals surface area contributed by atoms with E-state index in [9.17, 15) is 4.79 Å². The number of para-hydroxylation sites is 1. The molecular formula is C19H24Cl2N2O2. The molecule has 1 aliphatic heterocycles. The third-order valence-electron chi connectivity index (χ3n) is 4.12. The van der Waals surface area contributed by atoms with Gasteiger partial charge in [-0.25, -0.2) is 4.79 Å². The fraction of sp³-hybridized carbons (Fsp3) is 0.316. The molecule has 1 heterocycles. The largest absolute Gasteiger partial charge is 0.423 e. The predicted molar refractivity (Wildman–Crippen MR) is 105 cm³/mol. The first-order valence-corrected chi connectivity index (χ1v) is 7.98. The number of esters is 1. The van der Waals surface area contributed by atoms with E-state index >= 15 is 0 Å². The van der Waals surface area contributed by atoms with Crippen LogP contribution in [0.25, 0.3) is 0 Å². The molecule has 0 aliphatic carbocycles. The fourth-order valence-corrected chi connectivity index (χ4v) is 2.72. The smallest absolute Gasteiger partial charge is 0.343 e. The van der Waals surface area contributed by atoms with Crippen LogP contribution in [-0.2, 0) is 6.54 Å². The van der Waals surface area contributed by atoms with Crippen molar-refractivity contribution in [3.05, 3.63) is 65.7 Å². The van der Waals surface area contributed by atoms with Gasteiger partial charge in [-0.2, -0.15) is 0 Å². The molecule has 6 heteroatoms. The Bertz CT molecular complexity index is 659. The van der Waals surface area contributed by atoms with Gasteiger partial charge in [0.05, 0.1) is 5.56 Å². The summed E-state index contributed by atoms with van der Waals surface area (Å²) in [6.45, 7) is 5.19. The second-order valence-electron chi connectivity index (χ2n) is 5.98. The SMILES string of the molecule is CN1CCN(Cc2cccc(C(=O)Oc3ccccc3)c2)CC1.Cl.Cl. The Hall–Kier alpha value is -1.59. The van der Waals surface area contributed by atoms with Gasteiger partial charge in [0, 0.05) is 32.7 Å². The van der Waals surface area contributed by atoms with Crippen LogP contribution >= 0.6 is 24.8 Å². The third kappa shape index (κ3) is 6.33. The van der Waals surface area contributed by atoms with Gasteiger partial charge in [0.15, 0.2) is 0 Å². The third-order valence-corrected chi connectivity index (χ3v) is 4.12. The number of likely N-dealkylation sites (N-methyl/N-ethyl adjacent to an activating group) is 1. The second-order valence-corrected chi connectivity index (χ2v) is 5.98. The molecule has 0 N–H and O–H groups in total. The maximum atomic E-state index is 12.3. The summed E-state index contributed by atoms with van der Waals surface area (Å²) in [6, 6.07) is 16.9. The minimum absolute atomic E-state index is 0. The summed E-state index contributed by atoms with van der Waals surface area (Å²) in [5.41, 5.74) is 1.75. The lowest BCUT2D eigenvalue weighted by Crippen LogP contribution is -2.43. The highest BCUT2D eigenvalue weighted by atomic mass is 35.5. The van der Waals surface area contributed by atoms with Crippen molar-refractivity contribution in [3.8, 4) is 5.75 Å². The number of carbonyl (C=O) groups is 1. The summed E-state index contributed by atoms with van der Waals surface area (Å²) in [4.78, 5) is 17.0. The Kier molecular flexibility index (Phi) is 8.93. The molecule has 0 amide bonds. The zero-order chi connectivity index (χ0) is 16.1. The number of piperazine rings is 1. The van der Waals surface area contributed by atoms with Crippen LogP contribution < -0.4 is 4.74 Å². The van der Waals surface area contributed by atoms with Crippen molar-refractivity contribution in [3.63, 3.8) is 0 Å². The first-order valence-electron chi connectivity index (χ1n) is 7.98. The van der Waals surface area contributed by atoms with Crippen molar-refractivity contribution < 1.29 is 9.53 Å². The number of nitrogens with zero attached hydrogens (tertiary/aromatic N) is 2. The number of hydrogen-bond acceptors (Lipinski definition) is 4. The van der Waals surface area contributed by atoms with Gasteiger partial charge in [-0.3, -0.25) is 4.90 Å². The Morgan fingerprint density at radius 1 is 0.960 bits per heavy atom. The number of hydrogen-bond donors (Lipinski definition) is 0. The first kappa shape index (κ1) is 21.5. The molecule has 0 spiro atoms. The molecule has 1 saturated heterocycles. The molecule has 0 radical (unpaired) electrons. The van der Waals surface area contributed by atoms with E-state index in [4.69, 9.17) is 4.74 Å². The van der Waals surface area contributed by atoms with Gasteiger partial charge in [-0.05, 0) is 36.9 Å². The maximum absolute atomic E-state index is 12.3. The molecule has 2 aromatic carbocycles. The van der Waals surface area contributed by atoms with E-state index < -0.39 is 0 Å². The van der Waals surface area contributed by atoms with Crippen LogP contribution in [0.5, 0.6) is 5.75 Å². The standard InChI is InChI=1S/C19H22N2O2.2ClH/c1-20-10-12-21(13-11-20)15-16-6-5-7-17(14-16)19(22)23-18-8-3-2-4-9-18;;/h2-9,14H,10-13,15H2,1H3;2*1H. The Morgan fingerprint density at radius 3 is 2.32 bits per heavy atom. The van der Waals surface area contributed by atoms with Crippen LogP contribution in [0.4, 0.5) is 0 Å². The van der Waals surface area contributed by atoms with Gasteiger partial charge in [-0.1, -0.05) is 30.3 Å². The highest BCUT2D eigenvalue weighted by Gasteiger charge is 2.15. The molecule has 1 fully saturated rings. The summed E-state index contributed by atoms with van der Waals surface area (Å²) >= 11 is 0. The minimum atomic E-state index is -0.309. The highest BCUT2D eigenvalue weighted by molar-refractivity contribution is 5.91. The van der Waals surface area contributed by atoms with Gasteiger partial charge < -0.3 is 9.64 Å². The van der Waals surface area contributed by atoms with Gasteiger partial charge in [0.2, 0.25) is 0 Å². The van der Waals surface area contributed by atoms with Crippen LogP contribution in [0.15, 0.2) is 54.6 Å². The molecule has 0 atom stereocenters. The van der Waals surface area contributed by atoms with E-state index in [1.54, 1.807) is 18.2 Å². The fourth-order valence-electron chi connectivity index (χ4n) is 2.72. The van der Waals surface area contributed by atoms with Crippen molar-refractivity contribution in [2.75, 3.05) is 33.2 Å². The summed E-state index contributed by atoms with van der Waals surface area (Å²) in [5.74, 6) is 0.262. The lowest BCUT2D eigenvalue weighted by atomic mass is 10.1. The molecule has 0 bridgehead atoms. The van der Waals surface area contributed by atoms with Crippen LogP contribution in [0, 0.1) is 0 Å². The van der Waals surface area contributed by atoms with Crippen molar-refractivity contribution in [2.24, 2.45) is 0 Å². The van der Waals surface area contributed by atoms with Crippen molar-refractivity contribution in [1.82, 2.24) is 9.80 Å². The Balaban J connectivity index is 0.00000156. The first-order chi connectivity index (χ1) is 11.2. The van der Waals surface area contributed by atoms with Crippen LogP contribution in [-0.4, -0.2) is 49.0 Å². The van der Waals surface area contributed by atoms with Gasteiger partial charge in [0.1, 0.15) is 5.75 Å². The monoisotopic (exact) mass is 382 g/mol. The molecule has 4 nitrogen and oxygen atoms in total. The average molecular weight is 383 g/mol. The molecule has 0 saturated carbocycles. The van der Waals surface area contributed by atoms with Crippen LogP contribution in [0.1, 0.15) is 15.9 Å². The summed E-state index contributed by atoms with van der Waals surface area (Å²) in [6.07, 6.45) is 0. The number of halogens is 2. The molecule has 1 aliphatic rings. The van der Waals surface area contributed by atoms with Crippen LogP contribution in [0.3, 0.4) is 0 Å². The van der Waals surface area contributed by atoms with Gasteiger partial charge >= 0.3 is 5.97 Å². The van der Waals surface area contributed by atoms with Crippen LogP contribution in [0.2, 0.25) is 0 Å². The number of rotatable bonds is 4. The topological polar surface area (TPSA) is 32.8 Å². The normalized spacial score (nSPS) is 14.9. The van der Waals surface area contributed by atoms with E-state index in [0.717, 1.165) is 38.3 Å². The van der Waals surface area contributed by atoms with Gasteiger partial charge in [0.25, 0.3) is 0 Å². The Labute approximate surface area is 161 Å². The predicted octanol–water partition coefficient (Wildman–Crippen LogP) is 3.50. The number of ether oxygens (including phenoxy) is 1. The molecule has 3 rings (SSSR count). The van der Waals surface area contributed by atoms with Crippen molar-refractivity contribution >= 4 is 30.8 Å². The molecule has 2 aromatic rings. The zero-order valence-corrected chi connectivity index (χ0v) is 15.9. The summed E-state index contributed by atoms with van der Waals surface area (Å²) in [5, 5.41) is 0. The van der Waals surface area contributed by atoms with E-state index in [2.05, 4.69) is 22.9 Å². The zero-order valence-electron chi connectivity index (χ0n) is 14.3. The molecule has 136 valence electrons. The van der Waals surface area contributed by atoms with Crippen molar-refractivity contribution in [1.29, 1.82) is 0 Å². The average Bonchev–Trinajstić information content (AvgIpc) is 2.58. The van der Waals surface area contributed by atoms with E-state index in [-0.39, 0.29) is 30.8 Å². The minimum Gasteiger partial charge on any atom is -0.423 e. The lowest BCUT2D eigenvalue weighted by Gasteiger charge is -2.32. The maximum Gasteiger partial charge on any atom is 0.343 e. The second kappa shape index (κ2) is 10.4.